The summed E-state index contributed by atoms with van der Waals surface area (Å²) in [5.74, 6) is 1.89. The largest absolute Gasteiger partial charge is 0.313 e. The first-order valence-electron chi connectivity index (χ1n) is 6.92. The predicted molar refractivity (Wildman–Crippen MR) is 79.8 cm³/mol. The third-order valence-corrected chi connectivity index (χ3v) is 6.19. The van der Waals surface area contributed by atoms with Crippen LogP contribution in [0, 0.1) is 23.6 Å². The van der Waals surface area contributed by atoms with Crippen LogP contribution in [-0.4, -0.2) is 7.05 Å². The minimum atomic E-state index is -0.279. The van der Waals surface area contributed by atoms with E-state index in [1.54, 1.807) is 0 Å². The Morgan fingerprint density at radius 2 is 2.16 bits per heavy atom. The number of fused-ring (bicyclic) bond motifs is 2. The van der Waals surface area contributed by atoms with Gasteiger partial charge in [-0.25, -0.2) is 4.39 Å². The Labute approximate surface area is 127 Å². The third kappa shape index (κ3) is 2.34. The molecule has 2 fully saturated rings. The topological polar surface area (TPSA) is 12.0 Å². The number of hydrogen-bond acceptors (Lipinski definition) is 1. The molecule has 2 aliphatic carbocycles. The Kier molecular flexibility index (Phi) is 3.89. The monoisotopic (exact) mass is 345 g/mol. The highest BCUT2D eigenvalue weighted by Crippen LogP contribution is 2.53. The highest BCUT2D eigenvalue weighted by atomic mass is 79.9. The van der Waals surface area contributed by atoms with Crippen molar-refractivity contribution in [3.63, 3.8) is 0 Å². The molecule has 104 valence electrons. The zero-order valence-corrected chi connectivity index (χ0v) is 13.3. The quantitative estimate of drug-likeness (QED) is 0.765. The van der Waals surface area contributed by atoms with Crippen molar-refractivity contribution in [2.45, 2.75) is 31.7 Å². The van der Waals surface area contributed by atoms with Crippen LogP contribution < -0.4 is 5.32 Å². The maximum atomic E-state index is 14.4. The molecule has 0 radical (unpaired) electrons. The van der Waals surface area contributed by atoms with Gasteiger partial charge in [0.2, 0.25) is 0 Å². The molecule has 4 heteroatoms. The molecule has 0 spiro atoms. The van der Waals surface area contributed by atoms with Crippen LogP contribution >= 0.6 is 27.5 Å². The Morgan fingerprint density at radius 3 is 2.74 bits per heavy atom. The summed E-state index contributed by atoms with van der Waals surface area (Å²) in [5, 5.41) is 3.51. The summed E-state index contributed by atoms with van der Waals surface area (Å²) in [6, 6.07) is 3.79. The summed E-state index contributed by atoms with van der Waals surface area (Å²) in [6.45, 7) is 0. The molecule has 0 aromatic heterocycles. The van der Waals surface area contributed by atoms with Gasteiger partial charge in [-0.3, -0.25) is 0 Å². The van der Waals surface area contributed by atoms with Crippen molar-refractivity contribution in [1.82, 2.24) is 5.32 Å². The summed E-state index contributed by atoms with van der Waals surface area (Å²) in [6.07, 6.45) is 5.22. The summed E-state index contributed by atoms with van der Waals surface area (Å²) < 4.78 is 15.0. The Balaban J connectivity index is 1.93. The fourth-order valence-corrected chi connectivity index (χ4v) is 4.56. The van der Waals surface area contributed by atoms with E-state index in [1.807, 2.05) is 19.2 Å². The average molecular weight is 347 g/mol. The summed E-state index contributed by atoms with van der Waals surface area (Å²) in [5.41, 5.74) is 0.716. The summed E-state index contributed by atoms with van der Waals surface area (Å²) in [7, 11) is 1.92. The van der Waals surface area contributed by atoms with Gasteiger partial charge in [0.15, 0.2) is 0 Å². The van der Waals surface area contributed by atoms with Crippen molar-refractivity contribution in [2.24, 2.45) is 17.8 Å². The van der Waals surface area contributed by atoms with Crippen LogP contribution in [0.25, 0.3) is 0 Å². The number of benzene rings is 1. The molecule has 0 saturated heterocycles. The molecule has 0 heterocycles. The van der Waals surface area contributed by atoms with Crippen LogP contribution in [0.2, 0.25) is 5.02 Å². The van der Waals surface area contributed by atoms with Gasteiger partial charge < -0.3 is 5.32 Å². The van der Waals surface area contributed by atoms with Gasteiger partial charge in [-0.2, -0.15) is 0 Å². The third-order valence-electron chi connectivity index (χ3n) is 4.93. The van der Waals surface area contributed by atoms with Crippen LogP contribution in [0.15, 0.2) is 16.6 Å². The fourth-order valence-electron chi connectivity index (χ4n) is 4.08. The Bertz CT molecular complexity index is 493. The minimum absolute atomic E-state index is 0.0842. The van der Waals surface area contributed by atoms with E-state index in [2.05, 4.69) is 21.2 Å². The van der Waals surface area contributed by atoms with Gasteiger partial charge in [-0.15, -0.1) is 0 Å². The lowest BCUT2D eigenvalue weighted by atomic mass is 9.80. The fraction of sp³-hybridized carbons (Fsp3) is 0.600. The maximum absolute atomic E-state index is 14.4. The lowest BCUT2D eigenvalue weighted by Gasteiger charge is -2.31. The molecule has 2 aliphatic rings. The molecule has 1 aromatic rings. The molecule has 1 N–H and O–H groups in total. The Hall–Kier alpha value is -0.120. The van der Waals surface area contributed by atoms with Crippen molar-refractivity contribution in [3.05, 3.63) is 33.0 Å². The molecule has 19 heavy (non-hydrogen) atoms. The van der Waals surface area contributed by atoms with Crippen molar-refractivity contribution in [1.29, 1.82) is 0 Å². The second-order valence-corrected chi connectivity index (χ2v) is 7.10. The maximum Gasteiger partial charge on any atom is 0.147 e. The smallest absolute Gasteiger partial charge is 0.147 e. The molecular weight excluding hydrogens is 329 g/mol. The highest BCUT2D eigenvalue weighted by molar-refractivity contribution is 9.10. The van der Waals surface area contributed by atoms with E-state index in [0.29, 0.717) is 16.0 Å². The molecular formula is C15H18BrClFN. The average Bonchev–Trinajstić information content (AvgIpc) is 3.02. The van der Waals surface area contributed by atoms with Crippen molar-refractivity contribution < 1.29 is 4.39 Å². The van der Waals surface area contributed by atoms with E-state index in [9.17, 15) is 4.39 Å². The van der Waals surface area contributed by atoms with Gasteiger partial charge in [0, 0.05) is 16.1 Å². The van der Waals surface area contributed by atoms with Crippen LogP contribution in [0.1, 0.15) is 37.3 Å². The second-order valence-electron chi connectivity index (χ2n) is 5.87. The van der Waals surface area contributed by atoms with Crippen LogP contribution in [0.5, 0.6) is 0 Å². The summed E-state index contributed by atoms with van der Waals surface area (Å²) in [4.78, 5) is 0. The second kappa shape index (κ2) is 5.34. The van der Waals surface area contributed by atoms with Crippen molar-refractivity contribution in [3.8, 4) is 0 Å². The number of nitrogens with one attached hydrogen (secondary N) is 1. The van der Waals surface area contributed by atoms with Crippen LogP contribution in [-0.2, 0) is 0 Å². The van der Waals surface area contributed by atoms with Gasteiger partial charge in [-0.05, 0) is 66.1 Å². The molecule has 4 atom stereocenters. The first kappa shape index (κ1) is 13.8. The zero-order chi connectivity index (χ0) is 13.6. The summed E-state index contributed by atoms with van der Waals surface area (Å²) >= 11 is 9.29. The first-order valence-corrected chi connectivity index (χ1v) is 8.09. The van der Waals surface area contributed by atoms with Gasteiger partial charge in [0.1, 0.15) is 5.82 Å². The first-order chi connectivity index (χ1) is 9.11. The number of hydrogen-bond donors (Lipinski definition) is 1. The lowest BCUT2D eigenvalue weighted by molar-refractivity contribution is 0.255. The molecule has 4 unspecified atom stereocenters. The SMILES string of the molecule is CNC(c1ccc(Br)c(Cl)c1F)C1CC2CCC1C2. The van der Waals surface area contributed by atoms with E-state index in [0.717, 1.165) is 11.8 Å². The lowest BCUT2D eigenvalue weighted by Crippen LogP contribution is -2.29. The molecule has 1 nitrogen and oxygen atoms in total. The number of rotatable bonds is 3. The van der Waals surface area contributed by atoms with Gasteiger partial charge >= 0.3 is 0 Å². The molecule has 0 aliphatic heterocycles. The van der Waals surface area contributed by atoms with Crippen LogP contribution in [0.4, 0.5) is 4.39 Å². The van der Waals surface area contributed by atoms with Crippen molar-refractivity contribution >= 4 is 27.5 Å². The normalized spacial score (nSPS) is 30.8. The Morgan fingerprint density at radius 1 is 1.37 bits per heavy atom. The van der Waals surface area contributed by atoms with E-state index in [-0.39, 0.29) is 16.9 Å². The van der Waals surface area contributed by atoms with Gasteiger partial charge in [-0.1, -0.05) is 24.1 Å². The molecule has 0 amide bonds. The van der Waals surface area contributed by atoms with E-state index in [4.69, 9.17) is 11.6 Å². The van der Waals surface area contributed by atoms with E-state index < -0.39 is 0 Å². The molecule has 2 bridgehead atoms. The zero-order valence-electron chi connectivity index (χ0n) is 10.9. The van der Waals surface area contributed by atoms with Crippen molar-refractivity contribution in [2.75, 3.05) is 7.05 Å². The van der Waals surface area contributed by atoms with E-state index >= 15 is 0 Å². The van der Waals surface area contributed by atoms with Gasteiger partial charge in [0.05, 0.1) is 5.02 Å². The predicted octanol–water partition coefficient (Wildman–Crippen LogP) is 4.94. The molecule has 1 aromatic carbocycles. The van der Waals surface area contributed by atoms with Crippen LogP contribution in [0.3, 0.4) is 0 Å². The molecule has 2 saturated carbocycles. The standard InChI is InChI=1S/C15H18BrClFN/c1-19-15(11-7-8-2-3-9(11)6-8)10-4-5-12(16)13(17)14(10)18/h4-5,8-9,11,15,19H,2-3,6-7H2,1H3. The van der Waals surface area contributed by atoms with E-state index in [1.165, 1.54) is 25.7 Å². The number of halogens is 3. The highest BCUT2D eigenvalue weighted by Gasteiger charge is 2.43. The minimum Gasteiger partial charge on any atom is -0.313 e. The van der Waals surface area contributed by atoms with Gasteiger partial charge in [0.25, 0.3) is 0 Å². The molecule has 3 rings (SSSR count).